The predicted molar refractivity (Wildman–Crippen MR) is 141 cm³/mol. The van der Waals surface area contributed by atoms with Crippen LogP contribution < -0.4 is 15.3 Å². The van der Waals surface area contributed by atoms with E-state index >= 15 is 4.39 Å². The van der Waals surface area contributed by atoms with E-state index in [4.69, 9.17) is 31.1 Å². The van der Waals surface area contributed by atoms with Crippen molar-refractivity contribution < 1.29 is 32.6 Å². The van der Waals surface area contributed by atoms with Gasteiger partial charge in [-0.25, -0.2) is 13.9 Å². The first-order chi connectivity index (χ1) is 18.0. The second kappa shape index (κ2) is 11.7. The number of hydrogen-bond acceptors (Lipinski definition) is 11. The molecule has 6 atom stereocenters. The number of thioether (sulfide) groups is 1. The molecular formula is C22H27ClFN6O6PS. The van der Waals surface area contributed by atoms with Gasteiger partial charge < -0.3 is 20.1 Å². The van der Waals surface area contributed by atoms with Gasteiger partial charge in [0.25, 0.3) is 0 Å². The zero-order valence-corrected chi connectivity index (χ0v) is 23.1. The van der Waals surface area contributed by atoms with Crippen LogP contribution in [0.25, 0.3) is 11.2 Å². The lowest BCUT2D eigenvalue weighted by Crippen LogP contribution is -2.37. The molecule has 206 valence electrons. The van der Waals surface area contributed by atoms with Crippen LogP contribution in [-0.4, -0.2) is 66.9 Å². The Morgan fingerprint density at radius 2 is 2.03 bits per heavy atom. The van der Waals surface area contributed by atoms with Crippen molar-refractivity contribution in [3.63, 3.8) is 0 Å². The van der Waals surface area contributed by atoms with E-state index in [1.807, 2.05) is 0 Å². The Balaban J connectivity index is 1.51. The van der Waals surface area contributed by atoms with Gasteiger partial charge in [0.15, 0.2) is 17.6 Å². The third kappa shape index (κ3) is 6.38. The summed E-state index contributed by atoms with van der Waals surface area (Å²) in [6, 6.07) is 7.15. The molecule has 1 aliphatic rings. The molecule has 0 unspecified atom stereocenters. The van der Waals surface area contributed by atoms with Crippen LogP contribution in [0.15, 0.2) is 36.7 Å². The molecule has 3 aromatic rings. The molecule has 1 aliphatic heterocycles. The molecule has 0 bridgehead atoms. The van der Waals surface area contributed by atoms with Crippen LogP contribution in [0, 0.1) is 0 Å². The molecule has 0 aliphatic carbocycles. The topological polar surface area (TPSA) is 164 Å². The van der Waals surface area contributed by atoms with Gasteiger partial charge in [0.1, 0.15) is 28.8 Å². The second-order valence-corrected chi connectivity index (χ2v) is 12.1. The number of carbonyl (C=O) groups is 1. The molecule has 4 N–H and O–H groups in total. The van der Waals surface area contributed by atoms with Gasteiger partial charge in [0.05, 0.1) is 24.3 Å². The van der Waals surface area contributed by atoms with Gasteiger partial charge in [-0.3, -0.25) is 13.9 Å². The van der Waals surface area contributed by atoms with Crippen molar-refractivity contribution in [3.05, 3.63) is 41.9 Å². The van der Waals surface area contributed by atoms with Crippen LogP contribution in [0.4, 0.5) is 10.2 Å². The first-order valence-electron chi connectivity index (χ1n) is 11.6. The first kappa shape index (κ1) is 28.5. The van der Waals surface area contributed by atoms with Crippen molar-refractivity contribution in [2.45, 2.75) is 55.8 Å². The monoisotopic (exact) mass is 588 g/mol. The number of esters is 1. The van der Waals surface area contributed by atoms with Crippen LogP contribution in [0.1, 0.15) is 26.1 Å². The maximum absolute atomic E-state index is 15.3. The summed E-state index contributed by atoms with van der Waals surface area (Å²) in [5.41, 5.74) is 6.28. The van der Waals surface area contributed by atoms with Crippen LogP contribution in [-0.2, 0) is 18.6 Å². The minimum absolute atomic E-state index is 0.0350. The average Bonchev–Trinajstić information content (AvgIpc) is 3.39. The lowest BCUT2D eigenvalue weighted by atomic mass is 10.1. The SMILES string of the molecule is CC(C)OC(=O)[C@H](C)N[P@](=O)(OC[C@H]1S[C@@H](n2cnc3c(N)nc(Cl)nc32)[C@@H](F)[C@@H]1O)Oc1ccccc1. The Bertz CT molecular complexity index is 1340. The van der Waals surface area contributed by atoms with Gasteiger partial charge in [-0.15, -0.1) is 11.8 Å². The first-order valence-corrected chi connectivity index (χ1v) is 14.4. The molecule has 12 nitrogen and oxygen atoms in total. The number of carbonyl (C=O) groups excluding carboxylic acids is 1. The summed E-state index contributed by atoms with van der Waals surface area (Å²) >= 11 is 6.94. The van der Waals surface area contributed by atoms with E-state index in [2.05, 4.69) is 20.0 Å². The second-order valence-electron chi connectivity index (χ2n) is 8.74. The van der Waals surface area contributed by atoms with E-state index in [1.165, 1.54) is 17.8 Å². The van der Waals surface area contributed by atoms with Crippen molar-refractivity contribution in [2.75, 3.05) is 12.3 Å². The number of hydrogen-bond donors (Lipinski definition) is 3. The third-order valence-corrected chi connectivity index (χ3v) is 8.77. The molecule has 38 heavy (non-hydrogen) atoms. The Morgan fingerprint density at radius 3 is 2.71 bits per heavy atom. The number of alkyl halides is 1. The number of rotatable bonds is 10. The number of nitrogens with zero attached hydrogens (tertiary/aromatic N) is 4. The van der Waals surface area contributed by atoms with Gasteiger partial charge in [-0.2, -0.15) is 15.1 Å². The largest absolute Gasteiger partial charge is 0.462 e. The van der Waals surface area contributed by atoms with Crippen LogP contribution in [0.3, 0.4) is 0 Å². The summed E-state index contributed by atoms with van der Waals surface area (Å²) < 4.78 is 46.7. The number of nitrogens with one attached hydrogen (secondary N) is 1. The molecule has 16 heteroatoms. The molecule has 1 aromatic carbocycles. The quantitative estimate of drug-likeness (QED) is 0.180. The molecule has 4 rings (SSSR count). The number of ether oxygens (including phenoxy) is 1. The van der Waals surface area contributed by atoms with Crippen molar-refractivity contribution >= 4 is 54.1 Å². The van der Waals surface area contributed by atoms with Crippen LogP contribution in [0.5, 0.6) is 5.75 Å². The Hall–Kier alpha value is -2.48. The standard InChI is InChI=1S/C22H27ClFN6O6PS/c1-11(2)35-21(32)12(3)29-37(33,36-13-7-5-4-6-8-13)34-9-14-17(31)15(24)20(38-14)30-10-26-16-18(25)27-22(23)28-19(16)30/h4-8,10-12,14-15,17,20,31H,9H2,1-3H3,(H,29,33)(H2,25,27,28)/t12-,14+,15-,17+,20+,37-/m0/s1. The van der Waals surface area contributed by atoms with E-state index in [0.717, 1.165) is 11.8 Å². The lowest BCUT2D eigenvalue weighted by Gasteiger charge is -2.25. The molecule has 1 fully saturated rings. The van der Waals surface area contributed by atoms with E-state index in [-0.39, 0.29) is 40.7 Å². The number of halogens is 2. The van der Waals surface area contributed by atoms with Crippen molar-refractivity contribution in [2.24, 2.45) is 0 Å². The number of nitrogen functional groups attached to an aromatic ring is 1. The minimum atomic E-state index is -4.20. The van der Waals surface area contributed by atoms with Crippen LogP contribution >= 0.6 is 31.1 Å². The van der Waals surface area contributed by atoms with Crippen molar-refractivity contribution in [3.8, 4) is 5.75 Å². The molecular weight excluding hydrogens is 562 g/mol. The zero-order chi connectivity index (χ0) is 27.6. The Morgan fingerprint density at radius 1 is 1.32 bits per heavy atom. The smallest absolute Gasteiger partial charge is 0.459 e. The van der Waals surface area contributed by atoms with E-state index in [9.17, 15) is 14.5 Å². The van der Waals surface area contributed by atoms with Crippen LogP contribution in [0.2, 0.25) is 5.28 Å². The lowest BCUT2D eigenvalue weighted by molar-refractivity contribution is -0.149. The van der Waals surface area contributed by atoms with Gasteiger partial charge in [0, 0.05) is 0 Å². The maximum Gasteiger partial charge on any atom is 0.459 e. The summed E-state index contributed by atoms with van der Waals surface area (Å²) in [5, 5.41) is 11.2. The number of imidazole rings is 1. The molecule has 1 saturated heterocycles. The number of aromatic nitrogens is 4. The minimum Gasteiger partial charge on any atom is -0.462 e. The summed E-state index contributed by atoms with van der Waals surface area (Å²) in [4.78, 5) is 24.4. The molecule has 0 radical (unpaired) electrons. The Labute approximate surface area is 227 Å². The molecule has 3 heterocycles. The number of aliphatic hydroxyl groups is 1. The molecule has 0 amide bonds. The highest BCUT2D eigenvalue weighted by Gasteiger charge is 2.47. The highest BCUT2D eigenvalue weighted by atomic mass is 35.5. The average molecular weight is 589 g/mol. The summed E-state index contributed by atoms with van der Waals surface area (Å²) in [5.74, 6) is -0.410. The summed E-state index contributed by atoms with van der Waals surface area (Å²) in [6.45, 7) is 4.43. The van der Waals surface area contributed by atoms with Crippen molar-refractivity contribution in [1.82, 2.24) is 24.6 Å². The van der Waals surface area contributed by atoms with Gasteiger partial charge >= 0.3 is 13.7 Å². The fraction of sp³-hybridized carbons (Fsp3) is 0.455. The summed E-state index contributed by atoms with van der Waals surface area (Å²) in [7, 11) is -4.20. The molecule has 0 saturated carbocycles. The Kier molecular flexibility index (Phi) is 8.80. The number of anilines is 1. The van der Waals surface area contributed by atoms with E-state index in [1.54, 1.807) is 44.2 Å². The fourth-order valence-corrected chi connectivity index (χ4v) is 6.87. The number of para-hydroxylation sites is 1. The number of fused-ring (bicyclic) bond motifs is 1. The summed E-state index contributed by atoms with van der Waals surface area (Å²) in [6.07, 6.45) is -2.31. The van der Waals surface area contributed by atoms with E-state index in [0.29, 0.717) is 0 Å². The third-order valence-electron chi connectivity index (χ3n) is 5.42. The zero-order valence-electron chi connectivity index (χ0n) is 20.6. The van der Waals surface area contributed by atoms with Gasteiger partial charge in [0.2, 0.25) is 5.28 Å². The van der Waals surface area contributed by atoms with Gasteiger partial charge in [-0.05, 0) is 44.5 Å². The highest BCUT2D eigenvalue weighted by Crippen LogP contribution is 2.49. The van der Waals surface area contributed by atoms with E-state index < -0.39 is 42.7 Å². The number of benzene rings is 1. The van der Waals surface area contributed by atoms with Gasteiger partial charge in [-0.1, -0.05) is 18.2 Å². The normalized spacial score (nSPS) is 23.9. The van der Waals surface area contributed by atoms with Crippen molar-refractivity contribution in [1.29, 1.82) is 0 Å². The number of nitrogens with two attached hydrogens (primary N) is 1. The maximum atomic E-state index is 15.3. The molecule has 2 aromatic heterocycles. The predicted octanol–water partition coefficient (Wildman–Crippen LogP) is 3.51. The fourth-order valence-electron chi connectivity index (χ4n) is 3.67. The highest BCUT2D eigenvalue weighted by molar-refractivity contribution is 8.00. The molecule has 0 spiro atoms. The number of aliphatic hydroxyl groups excluding tert-OH is 1.